The van der Waals surface area contributed by atoms with E-state index in [2.05, 4.69) is 4.98 Å². The van der Waals surface area contributed by atoms with Crippen LogP contribution < -0.4 is 4.90 Å². The Morgan fingerprint density at radius 1 is 1.32 bits per heavy atom. The summed E-state index contributed by atoms with van der Waals surface area (Å²) in [4.78, 5) is 32.0. The molecule has 0 aliphatic carbocycles. The number of methoxy groups -OCH3 is 1. The van der Waals surface area contributed by atoms with Crippen LogP contribution in [0.15, 0.2) is 18.3 Å². The number of amides is 1. The molecule has 1 aliphatic heterocycles. The monoisotopic (exact) mass is 346 g/mol. The van der Waals surface area contributed by atoms with Crippen molar-refractivity contribution in [2.75, 3.05) is 31.6 Å². The molecule has 2 heterocycles. The van der Waals surface area contributed by atoms with Gasteiger partial charge in [0.05, 0.1) is 19.2 Å². The Hall–Kier alpha value is -2.82. The number of rotatable bonds is 2. The lowest BCUT2D eigenvalue weighted by Crippen LogP contribution is -2.59. The van der Waals surface area contributed by atoms with Crippen LogP contribution >= 0.6 is 0 Å². The Kier molecular flexibility index (Phi) is 5.47. The predicted octanol–water partition coefficient (Wildman–Crippen LogP) is 1.55. The molecule has 2 rings (SSSR count). The van der Waals surface area contributed by atoms with E-state index >= 15 is 0 Å². The molecule has 0 bridgehead atoms. The lowest BCUT2D eigenvalue weighted by molar-refractivity contribution is -0.143. The lowest BCUT2D eigenvalue weighted by atomic mass is 10.1. The second-order valence-electron chi connectivity index (χ2n) is 6.68. The molecule has 1 saturated heterocycles. The van der Waals surface area contributed by atoms with Crippen molar-refractivity contribution in [1.82, 2.24) is 9.88 Å². The predicted molar refractivity (Wildman–Crippen MR) is 89.9 cm³/mol. The molecule has 1 atom stereocenters. The molecule has 25 heavy (non-hydrogen) atoms. The SMILES string of the molecule is COC(=O)C1CN(C(=O)OC(C)(C)C)CCN1c1ccc(C#N)cn1. The molecule has 1 aromatic rings. The Morgan fingerprint density at radius 2 is 2.04 bits per heavy atom. The first-order valence-electron chi connectivity index (χ1n) is 7.93. The molecule has 0 aromatic carbocycles. The topological polar surface area (TPSA) is 95.8 Å². The maximum absolute atomic E-state index is 12.3. The molecule has 1 aliphatic rings. The van der Waals surface area contributed by atoms with E-state index in [9.17, 15) is 9.59 Å². The lowest BCUT2D eigenvalue weighted by Gasteiger charge is -2.40. The number of anilines is 1. The Morgan fingerprint density at radius 3 is 2.56 bits per heavy atom. The smallest absolute Gasteiger partial charge is 0.410 e. The summed E-state index contributed by atoms with van der Waals surface area (Å²) in [5, 5.41) is 8.87. The molecule has 1 unspecified atom stereocenters. The average Bonchev–Trinajstić information content (AvgIpc) is 2.59. The van der Waals surface area contributed by atoms with Crippen LogP contribution in [-0.4, -0.2) is 60.3 Å². The third-order valence-electron chi connectivity index (χ3n) is 3.68. The summed E-state index contributed by atoms with van der Waals surface area (Å²) in [5.41, 5.74) is -0.172. The molecular formula is C17H22N4O4. The number of ether oxygens (including phenoxy) is 2. The first kappa shape index (κ1) is 18.5. The number of carbonyl (C=O) groups excluding carboxylic acids is 2. The van der Waals surface area contributed by atoms with Gasteiger partial charge in [-0.2, -0.15) is 5.26 Å². The molecule has 0 N–H and O–H groups in total. The minimum atomic E-state index is -0.688. The highest BCUT2D eigenvalue weighted by Crippen LogP contribution is 2.21. The summed E-state index contributed by atoms with van der Waals surface area (Å²) in [6.07, 6.45) is 0.984. The van der Waals surface area contributed by atoms with Gasteiger partial charge in [0.25, 0.3) is 0 Å². The van der Waals surface area contributed by atoms with Crippen LogP contribution in [0.4, 0.5) is 10.6 Å². The summed E-state index contributed by atoms with van der Waals surface area (Å²) < 4.78 is 10.3. The molecule has 0 saturated carbocycles. The normalized spacial score (nSPS) is 17.6. The number of pyridine rings is 1. The molecule has 1 aromatic heterocycles. The summed E-state index contributed by atoms with van der Waals surface area (Å²) in [7, 11) is 1.30. The zero-order chi connectivity index (χ0) is 18.6. The van der Waals surface area contributed by atoms with Gasteiger partial charge in [0.1, 0.15) is 23.5 Å². The minimum Gasteiger partial charge on any atom is -0.467 e. The van der Waals surface area contributed by atoms with Crippen molar-refractivity contribution in [3.8, 4) is 6.07 Å². The van der Waals surface area contributed by atoms with Gasteiger partial charge in [0.2, 0.25) is 0 Å². The van der Waals surface area contributed by atoms with Crippen molar-refractivity contribution >= 4 is 17.9 Å². The van der Waals surface area contributed by atoms with Gasteiger partial charge in [-0.25, -0.2) is 14.6 Å². The van der Waals surface area contributed by atoms with E-state index in [0.29, 0.717) is 24.5 Å². The van der Waals surface area contributed by atoms with E-state index in [1.165, 1.54) is 18.2 Å². The van der Waals surface area contributed by atoms with E-state index in [4.69, 9.17) is 14.7 Å². The number of carbonyl (C=O) groups is 2. The molecule has 134 valence electrons. The van der Waals surface area contributed by atoms with Gasteiger partial charge >= 0.3 is 12.1 Å². The van der Waals surface area contributed by atoms with Gasteiger partial charge in [0.15, 0.2) is 0 Å². The van der Waals surface area contributed by atoms with Gasteiger partial charge in [-0.3, -0.25) is 0 Å². The van der Waals surface area contributed by atoms with Crippen LogP contribution in [0.1, 0.15) is 26.3 Å². The fourth-order valence-electron chi connectivity index (χ4n) is 2.51. The molecule has 1 fully saturated rings. The van der Waals surface area contributed by atoms with Gasteiger partial charge in [-0.1, -0.05) is 0 Å². The van der Waals surface area contributed by atoms with Gasteiger partial charge in [-0.15, -0.1) is 0 Å². The Bertz CT molecular complexity index is 675. The van der Waals surface area contributed by atoms with Crippen LogP contribution in [-0.2, 0) is 14.3 Å². The van der Waals surface area contributed by atoms with Crippen molar-refractivity contribution in [1.29, 1.82) is 5.26 Å². The van der Waals surface area contributed by atoms with Gasteiger partial charge < -0.3 is 19.3 Å². The number of hydrogen-bond acceptors (Lipinski definition) is 7. The number of nitriles is 1. The first-order chi connectivity index (χ1) is 11.7. The van der Waals surface area contributed by atoms with Crippen molar-refractivity contribution in [3.63, 3.8) is 0 Å². The number of aromatic nitrogens is 1. The quantitative estimate of drug-likeness (QED) is 0.750. The van der Waals surface area contributed by atoms with Gasteiger partial charge in [-0.05, 0) is 32.9 Å². The Labute approximate surface area is 146 Å². The fraction of sp³-hybridized carbons (Fsp3) is 0.529. The molecular weight excluding hydrogens is 324 g/mol. The largest absolute Gasteiger partial charge is 0.467 e. The average molecular weight is 346 g/mol. The van der Waals surface area contributed by atoms with Crippen molar-refractivity contribution < 1.29 is 19.1 Å². The standard InChI is InChI=1S/C17H22N4O4/c1-17(2,3)25-16(23)20-7-8-21(13(11-20)15(22)24-4)14-6-5-12(9-18)10-19-14/h5-6,10,13H,7-8,11H2,1-4H3. The molecule has 1 amide bonds. The highest BCUT2D eigenvalue weighted by atomic mass is 16.6. The third-order valence-corrected chi connectivity index (χ3v) is 3.68. The number of nitrogens with zero attached hydrogens (tertiary/aromatic N) is 4. The summed E-state index contributed by atoms with van der Waals surface area (Å²) in [5.74, 6) is 0.0951. The van der Waals surface area contributed by atoms with Crippen molar-refractivity contribution in [2.24, 2.45) is 0 Å². The first-order valence-corrected chi connectivity index (χ1v) is 7.93. The van der Waals surface area contributed by atoms with E-state index in [1.54, 1.807) is 37.8 Å². The molecule has 0 radical (unpaired) electrons. The van der Waals surface area contributed by atoms with Gasteiger partial charge in [0, 0.05) is 19.3 Å². The van der Waals surface area contributed by atoms with Crippen LogP contribution in [0.5, 0.6) is 0 Å². The van der Waals surface area contributed by atoms with Crippen LogP contribution in [0.2, 0.25) is 0 Å². The summed E-state index contributed by atoms with van der Waals surface area (Å²) in [6, 6.07) is 4.63. The zero-order valence-electron chi connectivity index (χ0n) is 14.9. The third kappa shape index (κ3) is 4.59. The van der Waals surface area contributed by atoms with Crippen molar-refractivity contribution in [3.05, 3.63) is 23.9 Å². The number of esters is 1. The number of piperazine rings is 1. The second kappa shape index (κ2) is 7.38. The summed E-state index contributed by atoms with van der Waals surface area (Å²) in [6.45, 7) is 6.31. The fourth-order valence-corrected chi connectivity index (χ4v) is 2.51. The highest BCUT2D eigenvalue weighted by molar-refractivity contribution is 5.81. The minimum absolute atomic E-state index is 0.142. The maximum Gasteiger partial charge on any atom is 0.410 e. The van der Waals surface area contributed by atoms with Crippen LogP contribution in [0, 0.1) is 11.3 Å². The number of hydrogen-bond donors (Lipinski definition) is 0. The van der Waals surface area contributed by atoms with E-state index in [-0.39, 0.29) is 6.54 Å². The van der Waals surface area contributed by atoms with Crippen molar-refractivity contribution in [2.45, 2.75) is 32.4 Å². The van der Waals surface area contributed by atoms with E-state index in [1.807, 2.05) is 6.07 Å². The van der Waals surface area contributed by atoms with Crippen LogP contribution in [0.3, 0.4) is 0 Å². The molecule has 8 nitrogen and oxygen atoms in total. The van der Waals surface area contributed by atoms with E-state index in [0.717, 1.165) is 0 Å². The Balaban J connectivity index is 2.19. The zero-order valence-corrected chi connectivity index (χ0v) is 14.9. The maximum atomic E-state index is 12.3. The molecule has 8 heteroatoms. The second-order valence-corrected chi connectivity index (χ2v) is 6.68. The van der Waals surface area contributed by atoms with Crippen LogP contribution in [0.25, 0.3) is 0 Å². The van der Waals surface area contributed by atoms with E-state index < -0.39 is 23.7 Å². The summed E-state index contributed by atoms with van der Waals surface area (Å²) >= 11 is 0. The molecule has 0 spiro atoms. The highest BCUT2D eigenvalue weighted by Gasteiger charge is 2.37.